The van der Waals surface area contributed by atoms with Gasteiger partial charge in [-0.15, -0.1) is 11.8 Å². The summed E-state index contributed by atoms with van der Waals surface area (Å²) in [6.45, 7) is 1.87. The molecular formula is C11H12ClNO3S. The van der Waals surface area contributed by atoms with Crippen LogP contribution in [0.3, 0.4) is 0 Å². The summed E-state index contributed by atoms with van der Waals surface area (Å²) in [6, 6.07) is 5.22. The third-order valence-electron chi connectivity index (χ3n) is 1.91. The molecule has 0 aliphatic heterocycles. The second kappa shape index (κ2) is 6.51. The number of nitrogens with one attached hydrogen (secondary N) is 1. The Bertz CT molecular complexity index is 437. The second-order valence-electron chi connectivity index (χ2n) is 3.40. The lowest BCUT2D eigenvalue weighted by Crippen LogP contribution is -2.15. The summed E-state index contributed by atoms with van der Waals surface area (Å²) in [7, 11) is 0. The predicted octanol–water partition coefficient (Wildman–Crippen LogP) is 2.40. The number of thioether (sulfide) groups is 1. The zero-order valence-electron chi connectivity index (χ0n) is 9.20. The number of hydrogen-bond donors (Lipinski definition) is 2. The van der Waals surface area contributed by atoms with Gasteiger partial charge in [0.2, 0.25) is 5.91 Å². The summed E-state index contributed by atoms with van der Waals surface area (Å²) in [4.78, 5) is 21.7. The fourth-order valence-corrected chi connectivity index (χ4v) is 1.81. The number of aliphatic carboxylic acids is 1. The topological polar surface area (TPSA) is 66.4 Å². The van der Waals surface area contributed by atoms with E-state index in [0.29, 0.717) is 10.7 Å². The van der Waals surface area contributed by atoms with Gasteiger partial charge in [0.25, 0.3) is 0 Å². The first-order chi connectivity index (χ1) is 7.99. The maximum atomic E-state index is 11.4. The Balaban J connectivity index is 2.45. The van der Waals surface area contributed by atoms with E-state index in [1.807, 2.05) is 13.0 Å². The molecule has 0 unspecified atom stereocenters. The van der Waals surface area contributed by atoms with Crippen LogP contribution in [0.2, 0.25) is 5.02 Å². The quantitative estimate of drug-likeness (QED) is 0.865. The summed E-state index contributed by atoms with van der Waals surface area (Å²) in [5.41, 5.74) is 1.55. The van der Waals surface area contributed by atoms with E-state index in [9.17, 15) is 9.59 Å². The SMILES string of the molecule is Cc1ccc(NC(=O)CSCC(=O)O)cc1Cl. The minimum Gasteiger partial charge on any atom is -0.481 e. The number of halogens is 1. The Kier molecular flexibility index (Phi) is 5.31. The smallest absolute Gasteiger partial charge is 0.313 e. The fourth-order valence-electron chi connectivity index (χ4n) is 1.10. The molecule has 1 rings (SSSR count). The monoisotopic (exact) mass is 273 g/mol. The fraction of sp³-hybridized carbons (Fsp3) is 0.273. The third-order valence-corrected chi connectivity index (χ3v) is 3.24. The van der Waals surface area contributed by atoms with Gasteiger partial charge >= 0.3 is 5.97 Å². The highest BCUT2D eigenvalue weighted by Gasteiger charge is 2.05. The van der Waals surface area contributed by atoms with Crippen LogP contribution in [0.15, 0.2) is 18.2 Å². The maximum absolute atomic E-state index is 11.4. The average molecular weight is 274 g/mol. The van der Waals surface area contributed by atoms with E-state index in [0.717, 1.165) is 17.3 Å². The largest absolute Gasteiger partial charge is 0.481 e. The molecule has 0 saturated carbocycles. The van der Waals surface area contributed by atoms with E-state index < -0.39 is 5.97 Å². The van der Waals surface area contributed by atoms with Crippen molar-refractivity contribution in [3.63, 3.8) is 0 Å². The lowest BCUT2D eigenvalue weighted by Gasteiger charge is -2.06. The summed E-state index contributed by atoms with van der Waals surface area (Å²) in [5.74, 6) is -1.14. The number of amides is 1. The summed E-state index contributed by atoms with van der Waals surface area (Å²) in [5, 5.41) is 11.6. The molecule has 0 saturated heterocycles. The van der Waals surface area contributed by atoms with Crippen molar-refractivity contribution in [3.8, 4) is 0 Å². The van der Waals surface area contributed by atoms with Gasteiger partial charge in [0.1, 0.15) is 0 Å². The standard InChI is InChI=1S/C11H12ClNO3S/c1-7-2-3-8(4-9(7)12)13-10(14)5-17-6-11(15)16/h2-4H,5-6H2,1H3,(H,13,14)(H,15,16). The molecule has 0 aromatic heterocycles. The Labute approximate surface area is 108 Å². The zero-order valence-corrected chi connectivity index (χ0v) is 10.8. The van der Waals surface area contributed by atoms with Crippen LogP contribution >= 0.6 is 23.4 Å². The highest BCUT2D eigenvalue weighted by atomic mass is 35.5. The van der Waals surface area contributed by atoms with Crippen LogP contribution in [0.25, 0.3) is 0 Å². The van der Waals surface area contributed by atoms with Crippen LogP contribution < -0.4 is 5.32 Å². The molecule has 1 aromatic carbocycles. The Morgan fingerprint density at radius 3 is 2.71 bits per heavy atom. The highest BCUT2D eigenvalue weighted by Crippen LogP contribution is 2.20. The summed E-state index contributed by atoms with van der Waals surface area (Å²) in [6.07, 6.45) is 0. The molecule has 0 atom stereocenters. The van der Waals surface area contributed by atoms with Gasteiger partial charge < -0.3 is 10.4 Å². The molecule has 2 N–H and O–H groups in total. The van der Waals surface area contributed by atoms with Crippen molar-refractivity contribution in [2.45, 2.75) is 6.92 Å². The van der Waals surface area contributed by atoms with Gasteiger partial charge in [0, 0.05) is 10.7 Å². The molecule has 0 aliphatic rings. The van der Waals surface area contributed by atoms with Gasteiger partial charge in [-0.2, -0.15) is 0 Å². The Morgan fingerprint density at radius 1 is 1.41 bits per heavy atom. The molecule has 0 heterocycles. The number of rotatable bonds is 5. The van der Waals surface area contributed by atoms with E-state index in [-0.39, 0.29) is 17.4 Å². The molecule has 17 heavy (non-hydrogen) atoms. The van der Waals surface area contributed by atoms with Crippen LogP contribution in [-0.2, 0) is 9.59 Å². The van der Waals surface area contributed by atoms with E-state index in [2.05, 4.69) is 5.32 Å². The molecule has 1 amide bonds. The van der Waals surface area contributed by atoms with Crippen molar-refractivity contribution in [1.29, 1.82) is 0 Å². The molecule has 92 valence electrons. The molecule has 4 nitrogen and oxygen atoms in total. The van der Waals surface area contributed by atoms with Crippen LogP contribution in [0, 0.1) is 6.92 Å². The lowest BCUT2D eigenvalue weighted by atomic mass is 10.2. The number of anilines is 1. The van der Waals surface area contributed by atoms with Gasteiger partial charge in [-0.3, -0.25) is 9.59 Å². The van der Waals surface area contributed by atoms with Crippen molar-refractivity contribution in [2.24, 2.45) is 0 Å². The number of hydrogen-bond acceptors (Lipinski definition) is 3. The van der Waals surface area contributed by atoms with Crippen LogP contribution in [-0.4, -0.2) is 28.5 Å². The maximum Gasteiger partial charge on any atom is 0.313 e. The van der Waals surface area contributed by atoms with Crippen LogP contribution in [0.4, 0.5) is 5.69 Å². The molecular weight excluding hydrogens is 262 g/mol. The molecule has 0 fully saturated rings. The molecule has 0 bridgehead atoms. The van der Waals surface area contributed by atoms with Crippen molar-refractivity contribution >= 4 is 40.9 Å². The second-order valence-corrected chi connectivity index (χ2v) is 4.79. The molecule has 6 heteroatoms. The number of aryl methyl sites for hydroxylation is 1. The van der Waals surface area contributed by atoms with E-state index in [1.54, 1.807) is 12.1 Å². The van der Waals surface area contributed by atoms with E-state index in [1.165, 1.54) is 0 Å². The Hall–Kier alpha value is -1.20. The third kappa shape index (κ3) is 5.10. The van der Waals surface area contributed by atoms with Crippen molar-refractivity contribution < 1.29 is 14.7 Å². The number of carboxylic acids is 1. The molecule has 0 aliphatic carbocycles. The number of carbonyl (C=O) groups is 2. The van der Waals surface area contributed by atoms with Gasteiger partial charge in [-0.1, -0.05) is 17.7 Å². The van der Waals surface area contributed by atoms with E-state index in [4.69, 9.17) is 16.7 Å². The van der Waals surface area contributed by atoms with E-state index >= 15 is 0 Å². The van der Waals surface area contributed by atoms with Crippen molar-refractivity contribution in [3.05, 3.63) is 28.8 Å². The molecule has 0 radical (unpaired) electrons. The summed E-state index contributed by atoms with van der Waals surface area (Å²) >= 11 is 6.96. The zero-order chi connectivity index (χ0) is 12.8. The van der Waals surface area contributed by atoms with Crippen LogP contribution in [0.5, 0.6) is 0 Å². The normalized spacial score (nSPS) is 10.0. The average Bonchev–Trinajstić information content (AvgIpc) is 2.23. The van der Waals surface area contributed by atoms with Gasteiger partial charge in [-0.25, -0.2) is 0 Å². The highest BCUT2D eigenvalue weighted by molar-refractivity contribution is 8.00. The predicted molar refractivity (Wildman–Crippen MR) is 69.8 cm³/mol. The van der Waals surface area contributed by atoms with Gasteiger partial charge in [0.15, 0.2) is 0 Å². The van der Waals surface area contributed by atoms with Gasteiger partial charge in [0.05, 0.1) is 11.5 Å². The Morgan fingerprint density at radius 2 is 2.12 bits per heavy atom. The van der Waals surface area contributed by atoms with Crippen molar-refractivity contribution in [2.75, 3.05) is 16.8 Å². The number of benzene rings is 1. The minimum atomic E-state index is -0.929. The molecule has 0 spiro atoms. The number of carbonyl (C=O) groups excluding carboxylic acids is 1. The summed E-state index contributed by atoms with van der Waals surface area (Å²) < 4.78 is 0. The first kappa shape index (κ1) is 13.9. The molecule has 1 aromatic rings. The minimum absolute atomic E-state index is 0.0813. The number of carboxylic acid groups (broad SMARTS) is 1. The first-order valence-corrected chi connectivity index (χ1v) is 6.38. The lowest BCUT2D eigenvalue weighted by molar-refractivity contribution is -0.133. The van der Waals surface area contributed by atoms with Crippen molar-refractivity contribution in [1.82, 2.24) is 0 Å². The van der Waals surface area contributed by atoms with Gasteiger partial charge in [-0.05, 0) is 24.6 Å². The first-order valence-electron chi connectivity index (χ1n) is 4.84. The van der Waals surface area contributed by atoms with Crippen LogP contribution in [0.1, 0.15) is 5.56 Å².